The molecule has 2 saturated carbocycles. The van der Waals surface area contributed by atoms with Gasteiger partial charge in [0, 0.05) is 38.5 Å². The molecule has 2 aromatic heterocycles. The number of aromatic nitrogens is 4. The first-order chi connectivity index (χ1) is 14.3. The highest BCUT2D eigenvalue weighted by Crippen LogP contribution is 2.62. The first-order valence-electron chi connectivity index (χ1n) is 10.2. The van der Waals surface area contributed by atoms with Crippen molar-refractivity contribution >= 4 is 22.8 Å². The third kappa shape index (κ3) is 3.47. The van der Waals surface area contributed by atoms with Crippen molar-refractivity contribution in [2.45, 2.75) is 43.7 Å². The number of halogens is 2. The highest BCUT2D eigenvalue weighted by atomic mass is 19.3. The van der Waals surface area contributed by atoms with Crippen LogP contribution >= 0.6 is 0 Å². The summed E-state index contributed by atoms with van der Waals surface area (Å²) >= 11 is 0. The molecule has 3 aromatic rings. The van der Waals surface area contributed by atoms with Crippen molar-refractivity contribution in [1.29, 1.82) is 0 Å². The predicted octanol–water partition coefficient (Wildman–Crippen LogP) is 3.47. The minimum absolute atomic E-state index is 0.00837. The van der Waals surface area contributed by atoms with Crippen LogP contribution in [0.15, 0.2) is 36.5 Å². The lowest BCUT2D eigenvalue weighted by molar-refractivity contribution is -0.193. The van der Waals surface area contributed by atoms with Crippen LogP contribution in [0.4, 0.5) is 20.5 Å². The Morgan fingerprint density at radius 1 is 1.20 bits per heavy atom. The lowest BCUT2D eigenvalue weighted by atomic mass is 9.52. The molecule has 0 amide bonds. The largest absolute Gasteiger partial charge is 0.367 e. The van der Waals surface area contributed by atoms with E-state index in [0.29, 0.717) is 24.0 Å². The van der Waals surface area contributed by atoms with Crippen molar-refractivity contribution < 1.29 is 8.78 Å². The van der Waals surface area contributed by atoms with Crippen molar-refractivity contribution in [2.75, 3.05) is 17.2 Å². The quantitative estimate of drug-likeness (QED) is 0.573. The van der Waals surface area contributed by atoms with E-state index < -0.39 is 5.92 Å². The maximum absolute atomic E-state index is 13.3. The molecule has 2 fully saturated rings. The van der Waals surface area contributed by atoms with Crippen LogP contribution in [0.1, 0.15) is 37.3 Å². The van der Waals surface area contributed by atoms with E-state index >= 15 is 0 Å². The summed E-state index contributed by atoms with van der Waals surface area (Å²) in [5, 5.41) is 11.8. The van der Waals surface area contributed by atoms with Gasteiger partial charge in [0.2, 0.25) is 11.9 Å². The summed E-state index contributed by atoms with van der Waals surface area (Å²) in [6.45, 7) is 0.481. The molecule has 0 bridgehead atoms. The molecule has 7 nitrogen and oxygen atoms in total. The molecule has 30 heavy (non-hydrogen) atoms. The van der Waals surface area contributed by atoms with E-state index in [-0.39, 0.29) is 30.3 Å². The fourth-order valence-electron chi connectivity index (χ4n) is 4.85. The second-order valence-corrected chi connectivity index (χ2v) is 8.76. The summed E-state index contributed by atoms with van der Waals surface area (Å²) in [6.07, 6.45) is 3.23. The number of nitrogens with one attached hydrogen (secondary N) is 2. The van der Waals surface area contributed by atoms with Gasteiger partial charge in [-0.05, 0) is 23.8 Å². The standard InChI is InChI=1S/C21H25F2N7/c1-30-18-15(9-26-30)17(27-14-7-20(8-14)11-21(22,23)12-20)28-19(29-18)25-10-16(24)13-5-3-2-4-6-13/h2-6,9,14,16H,7-8,10-12,24H2,1H3,(H2,25,27,28,29)/t16-/m0/s1. The first-order valence-corrected chi connectivity index (χ1v) is 10.2. The number of nitrogens with zero attached hydrogens (tertiary/aromatic N) is 4. The molecule has 2 aliphatic carbocycles. The van der Waals surface area contributed by atoms with Crippen LogP contribution in [0.2, 0.25) is 0 Å². The first kappa shape index (κ1) is 19.2. The molecule has 158 valence electrons. The van der Waals surface area contributed by atoms with Gasteiger partial charge in [-0.25, -0.2) is 8.78 Å². The Hall–Kier alpha value is -2.81. The van der Waals surface area contributed by atoms with Gasteiger partial charge in [0.25, 0.3) is 0 Å². The molecule has 2 aliphatic rings. The molecule has 9 heteroatoms. The molecule has 5 rings (SSSR count). The van der Waals surface area contributed by atoms with Crippen LogP contribution in [0.25, 0.3) is 11.0 Å². The molecule has 1 aromatic carbocycles. The third-order valence-electron chi connectivity index (χ3n) is 6.27. The zero-order valence-electron chi connectivity index (χ0n) is 16.8. The summed E-state index contributed by atoms with van der Waals surface area (Å²) in [4.78, 5) is 9.20. The minimum Gasteiger partial charge on any atom is -0.367 e. The molecule has 0 radical (unpaired) electrons. The molecule has 0 saturated heterocycles. The van der Waals surface area contributed by atoms with E-state index in [4.69, 9.17) is 5.73 Å². The highest BCUT2D eigenvalue weighted by Gasteiger charge is 2.61. The molecule has 1 spiro atoms. The van der Waals surface area contributed by atoms with Crippen LogP contribution in [0.3, 0.4) is 0 Å². The SMILES string of the molecule is Cn1ncc2c(NC3CC4(C3)CC(F)(F)C4)nc(NC[C@H](N)c3ccccc3)nc21. The molecule has 2 heterocycles. The topological polar surface area (TPSA) is 93.7 Å². The van der Waals surface area contributed by atoms with E-state index in [9.17, 15) is 8.78 Å². The summed E-state index contributed by atoms with van der Waals surface area (Å²) in [5.74, 6) is -1.34. The van der Waals surface area contributed by atoms with Crippen molar-refractivity contribution in [2.24, 2.45) is 18.2 Å². The van der Waals surface area contributed by atoms with Crippen molar-refractivity contribution in [3.8, 4) is 0 Å². The van der Waals surface area contributed by atoms with Crippen molar-refractivity contribution in [1.82, 2.24) is 19.7 Å². The highest BCUT2D eigenvalue weighted by molar-refractivity contribution is 5.87. The number of hydrogen-bond acceptors (Lipinski definition) is 6. The fourth-order valence-corrected chi connectivity index (χ4v) is 4.85. The van der Waals surface area contributed by atoms with Gasteiger partial charge in [-0.15, -0.1) is 0 Å². The van der Waals surface area contributed by atoms with Crippen LogP contribution in [0, 0.1) is 5.41 Å². The van der Waals surface area contributed by atoms with Crippen molar-refractivity contribution in [3.05, 3.63) is 42.1 Å². The zero-order chi connectivity index (χ0) is 20.9. The average Bonchev–Trinajstić information content (AvgIpc) is 3.05. The van der Waals surface area contributed by atoms with Gasteiger partial charge in [-0.2, -0.15) is 15.1 Å². The smallest absolute Gasteiger partial charge is 0.249 e. The maximum atomic E-state index is 13.3. The summed E-state index contributed by atoms with van der Waals surface area (Å²) < 4.78 is 28.2. The van der Waals surface area contributed by atoms with Crippen LogP contribution in [-0.4, -0.2) is 38.3 Å². The van der Waals surface area contributed by atoms with Gasteiger partial charge in [0.1, 0.15) is 5.82 Å². The maximum Gasteiger partial charge on any atom is 0.249 e. The number of rotatable bonds is 6. The number of aryl methyl sites for hydroxylation is 1. The number of alkyl halides is 2. The normalized spacial score (nSPS) is 20.5. The summed E-state index contributed by atoms with van der Waals surface area (Å²) in [7, 11) is 1.83. The Kier molecular flexibility index (Phi) is 4.39. The average molecular weight is 413 g/mol. The molecular formula is C21H25F2N7. The van der Waals surface area contributed by atoms with E-state index in [1.165, 1.54) is 0 Å². The molecular weight excluding hydrogens is 388 g/mol. The Balaban J connectivity index is 1.30. The van der Waals surface area contributed by atoms with Crippen molar-refractivity contribution in [3.63, 3.8) is 0 Å². The van der Waals surface area contributed by atoms with Crippen LogP contribution in [0.5, 0.6) is 0 Å². The van der Waals surface area contributed by atoms with Gasteiger partial charge < -0.3 is 16.4 Å². The van der Waals surface area contributed by atoms with E-state index in [0.717, 1.165) is 23.8 Å². The number of anilines is 2. The van der Waals surface area contributed by atoms with Gasteiger partial charge in [-0.3, -0.25) is 4.68 Å². The Bertz CT molecular complexity index is 1050. The van der Waals surface area contributed by atoms with Gasteiger partial charge in [-0.1, -0.05) is 30.3 Å². The van der Waals surface area contributed by atoms with Crippen LogP contribution < -0.4 is 16.4 Å². The Morgan fingerprint density at radius 3 is 2.63 bits per heavy atom. The van der Waals surface area contributed by atoms with Crippen LogP contribution in [-0.2, 0) is 7.05 Å². The number of benzene rings is 1. The summed E-state index contributed by atoms with van der Waals surface area (Å²) in [5.41, 5.74) is 7.82. The predicted molar refractivity (Wildman–Crippen MR) is 111 cm³/mol. The Morgan fingerprint density at radius 2 is 1.93 bits per heavy atom. The molecule has 0 unspecified atom stereocenters. The van der Waals surface area contributed by atoms with Gasteiger partial charge in [0.05, 0.1) is 11.6 Å². The lowest BCUT2D eigenvalue weighted by Gasteiger charge is -2.57. The zero-order valence-corrected chi connectivity index (χ0v) is 16.8. The van der Waals surface area contributed by atoms with Gasteiger partial charge >= 0.3 is 0 Å². The molecule has 1 atom stereocenters. The summed E-state index contributed by atoms with van der Waals surface area (Å²) in [6, 6.07) is 9.79. The lowest BCUT2D eigenvalue weighted by Crippen LogP contribution is -2.57. The van der Waals surface area contributed by atoms with E-state index in [2.05, 4.69) is 25.7 Å². The Labute approximate surface area is 173 Å². The fraction of sp³-hybridized carbons (Fsp3) is 0.476. The molecule has 0 aliphatic heterocycles. The molecule has 4 N–H and O–H groups in total. The second kappa shape index (κ2) is 6.87. The van der Waals surface area contributed by atoms with Gasteiger partial charge in [0.15, 0.2) is 5.65 Å². The second-order valence-electron chi connectivity index (χ2n) is 8.76. The third-order valence-corrected chi connectivity index (χ3v) is 6.27. The monoisotopic (exact) mass is 413 g/mol. The number of hydrogen-bond donors (Lipinski definition) is 3. The minimum atomic E-state index is -2.48. The number of nitrogens with two attached hydrogens (primary N) is 1. The number of fused-ring (bicyclic) bond motifs is 1. The van der Waals surface area contributed by atoms with E-state index in [1.807, 2.05) is 37.4 Å². The van der Waals surface area contributed by atoms with E-state index in [1.54, 1.807) is 10.9 Å².